The molecule has 98 valence electrons. The Morgan fingerprint density at radius 1 is 0.941 bits per heavy atom. The first-order chi connectivity index (χ1) is 7.75. The van der Waals surface area contributed by atoms with Gasteiger partial charge < -0.3 is 9.47 Å². The van der Waals surface area contributed by atoms with Crippen LogP contribution in [0, 0.1) is 11.3 Å². The summed E-state index contributed by atoms with van der Waals surface area (Å²) in [5, 5.41) is 0. The number of carbonyl (C=O) groups excluding carboxylic acids is 3. The summed E-state index contributed by atoms with van der Waals surface area (Å²) in [6.45, 7) is 8.38. The third-order valence-electron chi connectivity index (χ3n) is 2.05. The van der Waals surface area contributed by atoms with Crippen molar-refractivity contribution in [2.24, 2.45) is 11.3 Å². The van der Waals surface area contributed by atoms with Crippen molar-refractivity contribution in [1.29, 1.82) is 0 Å². The van der Waals surface area contributed by atoms with Crippen molar-refractivity contribution in [2.45, 2.75) is 34.6 Å². The molecule has 0 aromatic carbocycles. The standard InChI is InChI=1S/C12H20O5/c1-6-16-10(14)8(11(15)17-7-2)9(13)12(3,4)5/h8H,6-7H2,1-5H3. The summed E-state index contributed by atoms with van der Waals surface area (Å²) in [5.41, 5.74) is -0.801. The van der Waals surface area contributed by atoms with E-state index in [1.54, 1.807) is 34.6 Å². The van der Waals surface area contributed by atoms with Crippen molar-refractivity contribution in [2.75, 3.05) is 13.2 Å². The van der Waals surface area contributed by atoms with E-state index in [1.807, 2.05) is 0 Å². The summed E-state index contributed by atoms with van der Waals surface area (Å²) >= 11 is 0. The van der Waals surface area contributed by atoms with Gasteiger partial charge in [-0.2, -0.15) is 0 Å². The fourth-order valence-corrected chi connectivity index (χ4v) is 1.19. The largest absolute Gasteiger partial charge is 0.465 e. The van der Waals surface area contributed by atoms with Crippen LogP contribution in [-0.2, 0) is 23.9 Å². The summed E-state index contributed by atoms with van der Waals surface area (Å²) in [7, 11) is 0. The van der Waals surface area contributed by atoms with E-state index in [9.17, 15) is 14.4 Å². The van der Waals surface area contributed by atoms with E-state index >= 15 is 0 Å². The maximum Gasteiger partial charge on any atom is 0.328 e. The van der Waals surface area contributed by atoms with E-state index in [2.05, 4.69) is 0 Å². The third kappa shape index (κ3) is 4.54. The van der Waals surface area contributed by atoms with Crippen molar-refractivity contribution < 1.29 is 23.9 Å². The third-order valence-corrected chi connectivity index (χ3v) is 2.05. The lowest BCUT2D eigenvalue weighted by Crippen LogP contribution is -2.40. The van der Waals surface area contributed by atoms with Gasteiger partial charge in [0, 0.05) is 5.41 Å². The molecule has 0 saturated heterocycles. The molecule has 5 nitrogen and oxygen atoms in total. The van der Waals surface area contributed by atoms with Crippen molar-refractivity contribution in [3.63, 3.8) is 0 Å². The Morgan fingerprint density at radius 2 is 1.29 bits per heavy atom. The first kappa shape index (κ1) is 15.6. The molecule has 0 fully saturated rings. The van der Waals surface area contributed by atoms with Crippen LogP contribution in [0.3, 0.4) is 0 Å². The Labute approximate surface area is 101 Å². The van der Waals surface area contributed by atoms with Gasteiger partial charge in [-0.05, 0) is 13.8 Å². The maximum absolute atomic E-state index is 12.0. The zero-order chi connectivity index (χ0) is 13.6. The molecular formula is C12H20O5. The van der Waals surface area contributed by atoms with Crippen LogP contribution in [0.4, 0.5) is 0 Å². The zero-order valence-corrected chi connectivity index (χ0v) is 11.0. The fourth-order valence-electron chi connectivity index (χ4n) is 1.19. The van der Waals surface area contributed by atoms with Gasteiger partial charge in [0.25, 0.3) is 0 Å². The van der Waals surface area contributed by atoms with E-state index in [1.165, 1.54) is 0 Å². The molecule has 0 aliphatic carbocycles. The zero-order valence-electron chi connectivity index (χ0n) is 11.0. The molecule has 0 saturated carbocycles. The van der Waals surface area contributed by atoms with E-state index < -0.39 is 29.1 Å². The van der Waals surface area contributed by atoms with Crippen LogP contribution in [0.25, 0.3) is 0 Å². The molecule has 17 heavy (non-hydrogen) atoms. The number of ether oxygens (including phenoxy) is 2. The number of Topliss-reactive ketones (excluding diaryl/α,β-unsaturated/α-hetero) is 1. The molecule has 0 aromatic heterocycles. The highest BCUT2D eigenvalue weighted by atomic mass is 16.6. The SMILES string of the molecule is CCOC(=O)C(C(=O)OCC)C(=O)C(C)(C)C. The van der Waals surface area contributed by atoms with Gasteiger partial charge in [0.1, 0.15) is 0 Å². The molecule has 0 atom stereocenters. The second-order valence-corrected chi connectivity index (χ2v) is 4.55. The molecule has 0 unspecified atom stereocenters. The first-order valence-electron chi connectivity index (χ1n) is 5.63. The minimum Gasteiger partial charge on any atom is -0.465 e. The van der Waals surface area contributed by atoms with Gasteiger partial charge in [0.2, 0.25) is 5.92 Å². The smallest absolute Gasteiger partial charge is 0.328 e. The van der Waals surface area contributed by atoms with E-state index in [0.29, 0.717) is 0 Å². The number of ketones is 1. The highest BCUT2D eigenvalue weighted by Crippen LogP contribution is 2.22. The predicted octanol–water partition coefficient (Wildman–Crippen LogP) is 1.34. The van der Waals surface area contributed by atoms with Crippen LogP contribution >= 0.6 is 0 Å². The lowest BCUT2D eigenvalue weighted by atomic mass is 9.83. The van der Waals surface area contributed by atoms with Crippen LogP contribution in [0.15, 0.2) is 0 Å². The van der Waals surface area contributed by atoms with Gasteiger partial charge >= 0.3 is 11.9 Å². The Morgan fingerprint density at radius 3 is 1.53 bits per heavy atom. The van der Waals surface area contributed by atoms with Crippen LogP contribution in [0.2, 0.25) is 0 Å². The lowest BCUT2D eigenvalue weighted by molar-refractivity contribution is -0.165. The Hall–Kier alpha value is -1.39. The number of rotatable bonds is 5. The van der Waals surface area contributed by atoms with Crippen molar-refractivity contribution >= 4 is 17.7 Å². The number of carbonyl (C=O) groups is 3. The molecule has 0 bridgehead atoms. The van der Waals surface area contributed by atoms with Crippen LogP contribution in [0.1, 0.15) is 34.6 Å². The summed E-state index contributed by atoms with van der Waals surface area (Å²) in [4.78, 5) is 35.2. The number of esters is 2. The molecule has 0 aliphatic rings. The second-order valence-electron chi connectivity index (χ2n) is 4.55. The van der Waals surface area contributed by atoms with Crippen LogP contribution in [0.5, 0.6) is 0 Å². The molecule has 0 aromatic rings. The fraction of sp³-hybridized carbons (Fsp3) is 0.750. The summed E-state index contributed by atoms with van der Waals surface area (Å²) in [5.74, 6) is -3.65. The Kier molecular flexibility index (Phi) is 5.85. The van der Waals surface area contributed by atoms with Crippen molar-refractivity contribution in [3.8, 4) is 0 Å². The topological polar surface area (TPSA) is 69.7 Å². The minimum absolute atomic E-state index is 0.117. The van der Waals surface area contributed by atoms with Gasteiger partial charge in [0.05, 0.1) is 13.2 Å². The van der Waals surface area contributed by atoms with Gasteiger partial charge in [-0.25, -0.2) is 0 Å². The van der Waals surface area contributed by atoms with Gasteiger partial charge in [-0.1, -0.05) is 20.8 Å². The predicted molar refractivity (Wildman–Crippen MR) is 61.2 cm³/mol. The molecule has 0 radical (unpaired) electrons. The summed E-state index contributed by atoms with van der Waals surface area (Å²) in [6.07, 6.45) is 0. The second kappa shape index (κ2) is 6.37. The van der Waals surface area contributed by atoms with Crippen molar-refractivity contribution in [1.82, 2.24) is 0 Å². The normalized spacial score (nSPS) is 11.2. The highest BCUT2D eigenvalue weighted by molar-refractivity contribution is 6.16. The Bertz CT molecular complexity index is 283. The molecule has 5 heteroatoms. The summed E-state index contributed by atoms with van der Waals surface area (Å²) < 4.78 is 9.45. The quantitative estimate of drug-likeness (QED) is 0.539. The molecule has 0 aliphatic heterocycles. The van der Waals surface area contributed by atoms with E-state index in [0.717, 1.165) is 0 Å². The summed E-state index contributed by atoms with van der Waals surface area (Å²) in [6, 6.07) is 0. The molecule has 0 heterocycles. The van der Waals surface area contributed by atoms with Gasteiger partial charge in [0.15, 0.2) is 5.78 Å². The van der Waals surface area contributed by atoms with Crippen LogP contribution in [-0.4, -0.2) is 30.9 Å². The monoisotopic (exact) mass is 244 g/mol. The lowest BCUT2D eigenvalue weighted by Gasteiger charge is -2.21. The number of hydrogen-bond acceptors (Lipinski definition) is 5. The average molecular weight is 244 g/mol. The molecule has 0 rings (SSSR count). The molecule has 0 N–H and O–H groups in total. The van der Waals surface area contributed by atoms with Crippen LogP contribution < -0.4 is 0 Å². The molecule has 0 spiro atoms. The molecular weight excluding hydrogens is 224 g/mol. The first-order valence-corrected chi connectivity index (χ1v) is 5.63. The maximum atomic E-state index is 12.0. The highest BCUT2D eigenvalue weighted by Gasteiger charge is 2.42. The Balaban J connectivity index is 5.05. The minimum atomic E-state index is -1.48. The van der Waals surface area contributed by atoms with Gasteiger partial charge in [-0.15, -0.1) is 0 Å². The average Bonchev–Trinajstić information content (AvgIpc) is 2.17. The van der Waals surface area contributed by atoms with E-state index in [4.69, 9.17) is 9.47 Å². The van der Waals surface area contributed by atoms with Crippen molar-refractivity contribution in [3.05, 3.63) is 0 Å². The number of hydrogen-bond donors (Lipinski definition) is 0. The molecule has 0 amide bonds. The van der Waals surface area contributed by atoms with Gasteiger partial charge in [-0.3, -0.25) is 14.4 Å². The van der Waals surface area contributed by atoms with E-state index in [-0.39, 0.29) is 13.2 Å².